The minimum absolute atomic E-state index is 0.0440. The maximum atomic E-state index is 13.5. The molecule has 0 aliphatic heterocycles. The van der Waals surface area contributed by atoms with Crippen LogP contribution >= 0.6 is 0 Å². The van der Waals surface area contributed by atoms with Crippen molar-refractivity contribution in [2.24, 2.45) is 0 Å². The molecule has 138 valence electrons. The van der Waals surface area contributed by atoms with Crippen LogP contribution in [0.2, 0.25) is 0 Å². The van der Waals surface area contributed by atoms with Crippen LogP contribution in [0.15, 0.2) is 47.2 Å². The number of nitrogens with zero attached hydrogens (tertiary/aromatic N) is 3. The Balaban J connectivity index is 1.49. The Kier molecular flexibility index (Phi) is 5.45. The molecular weight excluding hydrogens is 360 g/mol. The topological polar surface area (TPSA) is 110 Å². The number of nitrogens with one attached hydrogen (secondary N) is 2. The van der Waals surface area contributed by atoms with Gasteiger partial charge in [-0.3, -0.25) is 14.6 Å². The van der Waals surface area contributed by atoms with Crippen LogP contribution in [0.4, 0.5) is 8.78 Å². The van der Waals surface area contributed by atoms with Crippen LogP contribution in [0.25, 0.3) is 11.4 Å². The van der Waals surface area contributed by atoms with Gasteiger partial charge in [0.25, 0.3) is 5.91 Å². The molecule has 0 aliphatic carbocycles. The molecular formula is C17H13F2N5O3. The standard InChI is InChI=1S/C17H13F2N5O3/c18-11-1-2-12(13(19)7-11)17(26)22-8-14(25)21-9-15-23-16(24-27-15)10-3-5-20-6-4-10/h1-7H,8-9H2,(H,21,25)(H,22,26). The minimum Gasteiger partial charge on any atom is -0.345 e. The van der Waals surface area contributed by atoms with E-state index in [9.17, 15) is 18.4 Å². The Labute approximate surface area is 151 Å². The number of hydrogen-bond acceptors (Lipinski definition) is 6. The van der Waals surface area contributed by atoms with E-state index in [2.05, 4.69) is 25.8 Å². The number of pyridine rings is 1. The Hall–Kier alpha value is -3.69. The summed E-state index contributed by atoms with van der Waals surface area (Å²) in [4.78, 5) is 31.6. The molecule has 0 bridgehead atoms. The first-order valence-electron chi connectivity index (χ1n) is 7.76. The Morgan fingerprint density at radius 2 is 1.85 bits per heavy atom. The number of rotatable bonds is 6. The molecule has 1 aromatic carbocycles. The monoisotopic (exact) mass is 373 g/mol. The van der Waals surface area contributed by atoms with Crippen LogP contribution in [0, 0.1) is 11.6 Å². The summed E-state index contributed by atoms with van der Waals surface area (Å²) in [6.07, 6.45) is 3.17. The van der Waals surface area contributed by atoms with Crippen LogP contribution in [0.5, 0.6) is 0 Å². The predicted octanol–water partition coefficient (Wildman–Crippen LogP) is 1.46. The van der Waals surface area contributed by atoms with Gasteiger partial charge in [-0.05, 0) is 24.3 Å². The van der Waals surface area contributed by atoms with E-state index in [1.807, 2.05) is 0 Å². The summed E-state index contributed by atoms with van der Waals surface area (Å²) >= 11 is 0. The number of benzene rings is 1. The molecule has 3 aromatic rings. The van der Waals surface area contributed by atoms with Crippen molar-refractivity contribution in [1.82, 2.24) is 25.8 Å². The molecule has 0 fully saturated rings. The van der Waals surface area contributed by atoms with Gasteiger partial charge in [0, 0.05) is 24.0 Å². The fourth-order valence-electron chi connectivity index (χ4n) is 2.11. The Morgan fingerprint density at radius 1 is 1.07 bits per heavy atom. The van der Waals surface area contributed by atoms with E-state index in [0.717, 1.165) is 12.1 Å². The van der Waals surface area contributed by atoms with Gasteiger partial charge in [0.05, 0.1) is 18.7 Å². The molecule has 10 heteroatoms. The lowest BCUT2D eigenvalue weighted by atomic mass is 10.2. The summed E-state index contributed by atoms with van der Waals surface area (Å²) in [5.74, 6) is -2.67. The van der Waals surface area contributed by atoms with Gasteiger partial charge in [-0.2, -0.15) is 4.98 Å². The third-order valence-electron chi connectivity index (χ3n) is 3.43. The van der Waals surface area contributed by atoms with Crippen molar-refractivity contribution in [2.75, 3.05) is 6.54 Å². The predicted molar refractivity (Wildman–Crippen MR) is 88.1 cm³/mol. The van der Waals surface area contributed by atoms with Crippen LogP contribution < -0.4 is 10.6 Å². The van der Waals surface area contributed by atoms with E-state index in [0.29, 0.717) is 17.5 Å². The highest BCUT2D eigenvalue weighted by molar-refractivity contribution is 5.96. The minimum atomic E-state index is -1.01. The molecule has 2 heterocycles. The second-order valence-corrected chi connectivity index (χ2v) is 5.33. The third kappa shape index (κ3) is 4.69. The third-order valence-corrected chi connectivity index (χ3v) is 3.43. The highest BCUT2D eigenvalue weighted by Crippen LogP contribution is 2.13. The lowest BCUT2D eigenvalue weighted by Gasteiger charge is -2.06. The molecule has 3 rings (SSSR count). The number of hydrogen-bond donors (Lipinski definition) is 2. The summed E-state index contributed by atoms with van der Waals surface area (Å²) in [5, 5.41) is 8.51. The number of amides is 2. The van der Waals surface area contributed by atoms with E-state index in [1.54, 1.807) is 24.5 Å². The number of aromatic nitrogens is 3. The molecule has 0 saturated carbocycles. The fraction of sp³-hybridized carbons (Fsp3) is 0.118. The molecule has 0 radical (unpaired) electrons. The van der Waals surface area contributed by atoms with Crippen LogP contribution in [-0.2, 0) is 11.3 Å². The molecule has 0 atom stereocenters. The molecule has 0 unspecified atom stereocenters. The van der Waals surface area contributed by atoms with Gasteiger partial charge >= 0.3 is 0 Å². The maximum absolute atomic E-state index is 13.5. The van der Waals surface area contributed by atoms with Gasteiger partial charge < -0.3 is 15.2 Å². The summed E-state index contributed by atoms with van der Waals surface area (Å²) in [5.41, 5.74) is 0.350. The molecule has 2 aromatic heterocycles. The second-order valence-electron chi connectivity index (χ2n) is 5.33. The van der Waals surface area contributed by atoms with Crippen LogP contribution in [-0.4, -0.2) is 33.5 Å². The average molecular weight is 373 g/mol. The summed E-state index contributed by atoms with van der Waals surface area (Å²) < 4.78 is 31.4. The average Bonchev–Trinajstić information content (AvgIpc) is 3.14. The molecule has 8 nitrogen and oxygen atoms in total. The normalized spacial score (nSPS) is 10.4. The van der Waals surface area contributed by atoms with E-state index in [1.165, 1.54) is 0 Å². The zero-order valence-electron chi connectivity index (χ0n) is 13.8. The first kappa shape index (κ1) is 18.1. The van der Waals surface area contributed by atoms with Gasteiger partial charge in [-0.25, -0.2) is 8.78 Å². The first-order valence-corrected chi connectivity index (χ1v) is 7.76. The van der Waals surface area contributed by atoms with Gasteiger partial charge in [-0.15, -0.1) is 0 Å². The number of halogens is 2. The van der Waals surface area contributed by atoms with Crippen molar-refractivity contribution in [2.45, 2.75) is 6.54 Å². The van der Waals surface area contributed by atoms with Gasteiger partial charge in [0.15, 0.2) is 0 Å². The van der Waals surface area contributed by atoms with E-state index < -0.39 is 30.0 Å². The summed E-state index contributed by atoms with van der Waals surface area (Å²) in [6.45, 7) is -0.446. The molecule has 0 spiro atoms. The fourth-order valence-corrected chi connectivity index (χ4v) is 2.11. The maximum Gasteiger partial charge on any atom is 0.254 e. The van der Waals surface area contributed by atoms with Gasteiger partial charge in [-0.1, -0.05) is 5.16 Å². The Bertz CT molecular complexity index is 962. The number of carbonyl (C=O) groups excluding carboxylic acids is 2. The van der Waals surface area contributed by atoms with Crippen molar-refractivity contribution >= 4 is 11.8 Å². The van der Waals surface area contributed by atoms with Crippen LogP contribution in [0.1, 0.15) is 16.2 Å². The highest BCUT2D eigenvalue weighted by Gasteiger charge is 2.14. The molecule has 27 heavy (non-hydrogen) atoms. The first-order chi connectivity index (χ1) is 13.0. The zero-order valence-corrected chi connectivity index (χ0v) is 13.8. The van der Waals surface area contributed by atoms with Crippen molar-refractivity contribution in [1.29, 1.82) is 0 Å². The zero-order chi connectivity index (χ0) is 19.2. The molecule has 0 aliphatic rings. The van der Waals surface area contributed by atoms with Crippen LogP contribution in [0.3, 0.4) is 0 Å². The summed E-state index contributed by atoms with van der Waals surface area (Å²) in [7, 11) is 0. The largest absolute Gasteiger partial charge is 0.345 e. The van der Waals surface area contributed by atoms with Gasteiger partial charge in [0.1, 0.15) is 11.6 Å². The lowest BCUT2D eigenvalue weighted by Crippen LogP contribution is -2.37. The highest BCUT2D eigenvalue weighted by atomic mass is 19.1. The van der Waals surface area contributed by atoms with E-state index >= 15 is 0 Å². The summed E-state index contributed by atoms with van der Waals surface area (Å²) in [6, 6.07) is 5.95. The van der Waals surface area contributed by atoms with Crippen molar-refractivity contribution in [3.05, 3.63) is 65.8 Å². The molecule has 2 amide bonds. The van der Waals surface area contributed by atoms with E-state index in [-0.39, 0.29) is 18.0 Å². The SMILES string of the molecule is O=C(CNC(=O)c1ccc(F)cc1F)NCc1nc(-c2ccncc2)no1. The van der Waals surface area contributed by atoms with Gasteiger partial charge in [0.2, 0.25) is 17.6 Å². The lowest BCUT2D eigenvalue weighted by molar-refractivity contribution is -0.120. The van der Waals surface area contributed by atoms with Crippen molar-refractivity contribution < 1.29 is 22.9 Å². The van der Waals surface area contributed by atoms with Crippen molar-refractivity contribution in [3.63, 3.8) is 0 Å². The quantitative estimate of drug-likeness (QED) is 0.677. The van der Waals surface area contributed by atoms with E-state index in [4.69, 9.17) is 4.52 Å². The smallest absolute Gasteiger partial charge is 0.254 e. The number of carbonyl (C=O) groups is 2. The molecule has 0 saturated heterocycles. The Morgan fingerprint density at radius 3 is 2.59 bits per heavy atom. The van der Waals surface area contributed by atoms with Crippen molar-refractivity contribution in [3.8, 4) is 11.4 Å². The second kappa shape index (κ2) is 8.13. The molecule has 2 N–H and O–H groups in total.